The van der Waals surface area contributed by atoms with E-state index in [0.29, 0.717) is 45.2 Å². The molecule has 2 aliphatic carbocycles. The zero-order chi connectivity index (χ0) is 29.3. The lowest BCUT2D eigenvalue weighted by Crippen LogP contribution is -2.47. The largest absolute Gasteiger partial charge is 0.325 e. The molecule has 1 saturated heterocycles. The standard InChI is InChI=1S/C31H30BrN7O3/c1-16(40)28-22-10-19(20-13-33-17(2)34-14-20)6-8-23(22)38(37-28)15-27(41)39-24(11-31(3)12-25(31)39)30(42)36-29-21(18-4-5-18)7-9-26(32)35-29/h6-10,13-14,18,24-25H,4-5,11-12,15H2,1-3H3,(H,35,36,42)/t24-,25?,31-/m0/s1. The van der Waals surface area contributed by atoms with Gasteiger partial charge < -0.3 is 10.2 Å². The van der Waals surface area contributed by atoms with Crippen LogP contribution < -0.4 is 5.32 Å². The number of aryl methyl sites for hydroxylation is 1. The molecule has 1 aliphatic heterocycles. The Morgan fingerprint density at radius 3 is 2.55 bits per heavy atom. The number of nitrogens with one attached hydrogen (secondary N) is 1. The Balaban J connectivity index is 1.17. The van der Waals surface area contributed by atoms with E-state index in [2.05, 4.69) is 48.2 Å². The number of fused-ring (bicyclic) bond motifs is 2. The summed E-state index contributed by atoms with van der Waals surface area (Å²) >= 11 is 3.42. The molecule has 1 unspecified atom stereocenters. The van der Waals surface area contributed by atoms with Gasteiger partial charge >= 0.3 is 0 Å². The molecule has 0 spiro atoms. The molecule has 0 bridgehead atoms. The molecule has 3 aromatic heterocycles. The maximum absolute atomic E-state index is 13.9. The number of aromatic nitrogens is 5. The third-order valence-electron chi connectivity index (χ3n) is 8.86. The van der Waals surface area contributed by atoms with E-state index < -0.39 is 6.04 Å². The van der Waals surface area contributed by atoms with Crippen molar-refractivity contribution in [2.45, 2.75) is 71.0 Å². The maximum Gasteiger partial charge on any atom is 0.248 e. The number of hydrogen-bond donors (Lipinski definition) is 1. The summed E-state index contributed by atoms with van der Waals surface area (Å²) < 4.78 is 2.24. The van der Waals surface area contributed by atoms with Crippen LogP contribution in [0.1, 0.15) is 67.3 Å². The first-order valence-corrected chi connectivity index (χ1v) is 15.0. The maximum atomic E-state index is 13.9. The number of pyridine rings is 1. The van der Waals surface area contributed by atoms with Gasteiger partial charge in [0.25, 0.3) is 0 Å². The number of rotatable bonds is 7. The second-order valence-corrected chi connectivity index (χ2v) is 12.9. The van der Waals surface area contributed by atoms with Crippen LogP contribution in [0.4, 0.5) is 5.82 Å². The van der Waals surface area contributed by atoms with E-state index in [1.165, 1.54) is 6.92 Å². The summed E-state index contributed by atoms with van der Waals surface area (Å²) in [5.41, 5.74) is 3.61. The van der Waals surface area contributed by atoms with Gasteiger partial charge in [-0.3, -0.25) is 19.1 Å². The van der Waals surface area contributed by atoms with Gasteiger partial charge in [0.05, 0.1) is 5.52 Å². The Hall–Kier alpha value is -3.99. The van der Waals surface area contributed by atoms with Crippen molar-refractivity contribution in [3.63, 3.8) is 0 Å². The first-order valence-electron chi connectivity index (χ1n) is 14.2. The van der Waals surface area contributed by atoms with Crippen molar-refractivity contribution in [2.24, 2.45) is 5.41 Å². The van der Waals surface area contributed by atoms with Crippen molar-refractivity contribution in [1.82, 2.24) is 29.6 Å². The summed E-state index contributed by atoms with van der Waals surface area (Å²) in [5.74, 6) is 1.05. The summed E-state index contributed by atoms with van der Waals surface area (Å²) in [6.45, 7) is 5.35. The minimum absolute atomic E-state index is 0.00126. The zero-order valence-corrected chi connectivity index (χ0v) is 25.2. The number of amides is 2. The molecule has 0 radical (unpaired) electrons. The fourth-order valence-electron chi connectivity index (χ4n) is 6.32. The molecule has 3 atom stereocenters. The van der Waals surface area contributed by atoms with Gasteiger partial charge in [0.15, 0.2) is 5.78 Å². The minimum Gasteiger partial charge on any atom is -0.325 e. The van der Waals surface area contributed by atoms with Crippen molar-refractivity contribution in [3.05, 3.63) is 64.4 Å². The molecule has 10 nitrogen and oxygen atoms in total. The van der Waals surface area contributed by atoms with Crippen molar-refractivity contribution in [2.75, 3.05) is 5.32 Å². The number of carbonyl (C=O) groups is 3. The SMILES string of the molecule is CC(=O)c1nn(CC(=O)N2C3C[C@]3(C)C[C@H]2C(=O)Nc2nc(Br)ccc2C2CC2)c2ccc(-c3cnc(C)nc3)cc12. The van der Waals surface area contributed by atoms with Gasteiger partial charge in [-0.05, 0) is 89.2 Å². The predicted octanol–water partition coefficient (Wildman–Crippen LogP) is 5.06. The molecule has 2 saturated carbocycles. The molecule has 7 rings (SSSR count). The van der Waals surface area contributed by atoms with Crippen LogP contribution in [0.15, 0.2) is 47.3 Å². The summed E-state index contributed by atoms with van der Waals surface area (Å²) in [6.07, 6.45) is 7.12. The predicted molar refractivity (Wildman–Crippen MR) is 160 cm³/mol. The molecule has 42 heavy (non-hydrogen) atoms. The van der Waals surface area contributed by atoms with Gasteiger partial charge in [-0.2, -0.15) is 5.10 Å². The number of benzene rings is 1. The van der Waals surface area contributed by atoms with Crippen LogP contribution in [0, 0.1) is 12.3 Å². The van der Waals surface area contributed by atoms with Gasteiger partial charge in [-0.1, -0.05) is 19.1 Å². The van der Waals surface area contributed by atoms with E-state index in [9.17, 15) is 14.4 Å². The second-order valence-electron chi connectivity index (χ2n) is 12.0. The topological polar surface area (TPSA) is 123 Å². The van der Waals surface area contributed by atoms with Crippen LogP contribution in [-0.2, 0) is 16.1 Å². The molecule has 1 N–H and O–H groups in total. The Bertz CT molecular complexity index is 1780. The first-order chi connectivity index (χ1) is 20.1. The molecular weight excluding hydrogens is 598 g/mol. The van der Waals surface area contributed by atoms with Crippen LogP contribution in [0.25, 0.3) is 22.0 Å². The Labute approximate surface area is 251 Å². The van der Waals surface area contributed by atoms with Gasteiger partial charge in [0.2, 0.25) is 11.8 Å². The summed E-state index contributed by atoms with van der Waals surface area (Å²) in [5, 5.41) is 8.27. The number of hydrogen-bond acceptors (Lipinski definition) is 7. The van der Waals surface area contributed by atoms with Gasteiger partial charge in [-0.25, -0.2) is 15.0 Å². The fourth-order valence-corrected chi connectivity index (χ4v) is 6.63. The fraction of sp³-hybridized carbons (Fsp3) is 0.387. The zero-order valence-electron chi connectivity index (χ0n) is 23.6. The first kappa shape index (κ1) is 26.9. The summed E-state index contributed by atoms with van der Waals surface area (Å²) in [7, 11) is 0. The highest BCUT2D eigenvalue weighted by molar-refractivity contribution is 9.10. The van der Waals surface area contributed by atoms with E-state index in [4.69, 9.17) is 0 Å². The number of halogens is 1. The molecule has 3 fully saturated rings. The second kappa shape index (κ2) is 9.79. The van der Waals surface area contributed by atoms with Crippen molar-refractivity contribution < 1.29 is 14.4 Å². The lowest BCUT2D eigenvalue weighted by Gasteiger charge is -2.27. The number of anilines is 1. The van der Waals surface area contributed by atoms with E-state index in [1.807, 2.05) is 37.3 Å². The monoisotopic (exact) mass is 627 g/mol. The molecule has 4 aromatic rings. The molecule has 4 heterocycles. The molecule has 3 aliphatic rings. The quantitative estimate of drug-likeness (QED) is 0.224. The number of piperidine rings is 1. The van der Waals surface area contributed by atoms with Crippen LogP contribution in [0.5, 0.6) is 0 Å². The Morgan fingerprint density at radius 1 is 1.07 bits per heavy atom. The summed E-state index contributed by atoms with van der Waals surface area (Å²) in [4.78, 5) is 55.0. The molecular formula is C31H30BrN7O3. The van der Waals surface area contributed by atoms with E-state index in [-0.39, 0.29) is 35.6 Å². The van der Waals surface area contributed by atoms with Gasteiger partial charge in [0.1, 0.15) is 34.5 Å². The van der Waals surface area contributed by atoms with Gasteiger partial charge in [-0.15, -0.1) is 0 Å². The highest BCUT2D eigenvalue weighted by Gasteiger charge is 2.64. The van der Waals surface area contributed by atoms with E-state index >= 15 is 0 Å². The molecule has 11 heteroatoms. The minimum atomic E-state index is -0.601. The third kappa shape index (κ3) is 4.69. The normalized spacial score (nSPS) is 22.7. The average molecular weight is 629 g/mol. The lowest BCUT2D eigenvalue weighted by atomic mass is 10.0. The van der Waals surface area contributed by atoms with E-state index in [0.717, 1.165) is 36.0 Å². The number of likely N-dealkylation sites (tertiary alicyclic amines) is 1. The lowest BCUT2D eigenvalue weighted by molar-refractivity contribution is -0.138. The van der Waals surface area contributed by atoms with Crippen molar-refractivity contribution in [3.8, 4) is 11.1 Å². The third-order valence-corrected chi connectivity index (χ3v) is 9.30. The highest BCUT2D eigenvalue weighted by Crippen LogP contribution is 2.59. The molecule has 214 valence electrons. The van der Waals surface area contributed by atoms with Crippen molar-refractivity contribution in [1.29, 1.82) is 0 Å². The number of Topliss-reactive ketones (excluding diaryl/α,β-unsaturated/α-hetero) is 1. The van der Waals surface area contributed by atoms with Crippen LogP contribution in [0.3, 0.4) is 0 Å². The smallest absolute Gasteiger partial charge is 0.248 e. The van der Waals surface area contributed by atoms with Crippen LogP contribution in [0.2, 0.25) is 0 Å². The Morgan fingerprint density at radius 2 is 1.83 bits per heavy atom. The Kier molecular flexibility index (Phi) is 6.27. The highest BCUT2D eigenvalue weighted by atomic mass is 79.9. The van der Waals surface area contributed by atoms with Crippen LogP contribution in [-0.4, -0.2) is 59.3 Å². The van der Waals surface area contributed by atoms with E-state index in [1.54, 1.807) is 22.0 Å². The number of ketones is 1. The van der Waals surface area contributed by atoms with Crippen molar-refractivity contribution >= 4 is 50.2 Å². The molecule has 2 amide bonds. The number of nitrogens with zero attached hydrogens (tertiary/aromatic N) is 6. The van der Waals surface area contributed by atoms with Crippen LogP contribution >= 0.6 is 15.9 Å². The van der Waals surface area contributed by atoms with Gasteiger partial charge in [0, 0.05) is 36.3 Å². The molecule has 1 aromatic carbocycles. The summed E-state index contributed by atoms with van der Waals surface area (Å²) in [6, 6.07) is 8.97. The number of carbonyl (C=O) groups excluding carboxylic acids is 3. The average Bonchev–Trinajstić information content (AvgIpc) is 3.85.